The quantitative estimate of drug-likeness (QED) is 0.0861. The second-order valence-electron chi connectivity index (χ2n) is 16.7. The van der Waals surface area contributed by atoms with E-state index in [-0.39, 0.29) is 39.5 Å². The van der Waals surface area contributed by atoms with Crippen molar-refractivity contribution >= 4 is 44.5 Å². The van der Waals surface area contributed by atoms with Gasteiger partial charge in [0.2, 0.25) is 11.6 Å². The number of hydrogen-bond acceptors (Lipinski definition) is 6. The van der Waals surface area contributed by atoms with E-state index in [0.717, 1.165) is 35.6 Å². The van der Waals surface area contributed by atoms with Crippen LogP contribution in [0.15, 0.2) is 206 Å². The molecule has 6 nitrogen and oxygen atoms in total. The molecule has 8 aromatic rings. The molecule has 2 atom stereocenters. The van der Waals surface area contributed by atoms with Crippen LogP contribution in [0.3, 0.4) is 0 Å². The minimum Gasteiger partial charge on any atom is -0.347 e. The minimum atomic E-state index is -0.350. The number of carbonyl (C=O) groups is 2. The summed E-state index contributed by atoms with van der Waals surface area (Å²) in [6, 6.07) is 57.6. The van der Waals surface area contributed by atoms with Crippen LogP contribution in [0.2, 0.25) is 0 Å². The zero-order valence-electron chi connectivity index (χ0n) is 35.8. The Morgan fingerprint density at radius 3 is 1.22 bits per heavy atom. The largest absolute Gasteiger partial charge is 0.347 e. The fourth-order valence-electron chi connectivity index (χ4n) is 9.79. The van der Waals surface area contributed by atoms with E-state index in [1.165, 1.54) is 43.8 Å². The Labute approximate surface area is 380 Å². The second-order valence-corrected chi connectivity index (χ2v) is 16.7. The van der Waals surface area contributed by atoms with E-state index in [4.69, 9.17) is 0 Å². The van der Waals surface area contributed by atoms with Crippen LogP contribution >= 0.6 is 0 Å². The van der Waals surface area contributed by atoms with Crippen LogP contribution in [0, 0.1) is 0 Å². The van der Waals surface area contributed by atoms with Crippen molar-refractivity contribution in [2.75, 3.05) is 23.9 Å². The molecule has 10 rings (SSSR count). The predicted molar refractivity (Wildman–Crippen MR) is 253 cm³/mol. The van der Waals surface area contributed by atoms with E-state index in [9.17, 15) is 9.59 Å². The third kappa shape index (κ3) is 8.02. The number of rotatable bonds is 8. The number of pyridine rings is 2. The molecule has 7 heteroatoms. The van der Waals surface area contributed by atoms with Crippen molar-refractivity contribution in [1.82, 2.24) is 9.97 Å². The normalized spacial score (nSPS) is 18.7. The Bertz CT molecular complexity index is 2800. The van der Waals surface area contributed by atoms with Crippen molar-refractivity contribution in [3.63, 3.8) is 0 Å². The third-order valence-electron chi connectivity index (χ3n) is 12.7. The maximum Gasteiger partial charge on any atom is 0.205 e. The number of carbonyl (C=O) groups excluding carboxylic acids is 2. The van der Waals surface area contributed by atoms with Crippen LogP contribution in [-0.2, 0) is 40.7 Å². The third-order valence-corrected chi connectivity index (χ3v) is 12.7. The molecule has 6 aromatic carbocycles. The molecule has 0 saturated heterocycles. The van der Waals surface area contributed by atoms with Gasteiger partial charge in [0.25, 0.3) is 0 Å². The Kier molecular flexibility index (Phi) is 12.1. The van der Waals surface area contributed by atoms with Gasteiger partial charge in [-0.15, -0.1) is 0 Å². The number of nitrogens with zero attached hydrogens (tertiary/aromatic N) is 4. The van der Waals surface area contributed by atoms with Gasteiger partial charge in [0.1, 0.15) is 11.4 Å². The molecule has 0 saturated carbocycles. The molecule has 2 unspecified atom stereocenters. The van der Waals surface area contributed by atoms with Gasteiger partial charge in [-0.05, 0) is 107 Å². The van der Waals surface area contributed by atoms with Gasteiger partial charge in [0.15, 0.2) is 0 Å². The second kappa shape index (κ2) is 17.8. The molecule has 0 bridgehead atoms. The standard InChI is InChI=1S/2C28H24N2O.Fe/c2*1-28(19-20-10-4-3-5-11-20)26(18-25(31)23-14-8-9-17-29-23)30(2)24-16-15-21-12-6-7-13-22(21)27(24)28;/h2*3-18H,19H2,1-2H3;/b2*26-18-;. The van der Waals surface area contributed by atoms with Gasteiger partial charge in [-0.3, -0.25) is 19.6 Å². The van der Waals surface area contributed by atoms with Crippen LogP contribution < -0.4 is 9.80 Å². The van der Waals surface area contributed by atoms with Gasteiger partial charge in [-0.25, -0.2) is 0 Å². The molecule has 4 heterocycles. The number of aromatic nitrogens is 2. The molecular weight excluding hydrogens is 816 g/mol. The summed E-state index contributed by atoms with van der Waals surface area (Å²) in [5.41, 5.74) is 9.57. The first-order chi connectivity index (χ1) is 30.2. The Hall–Kier alpha value is -6.92. The fraction of sp³-hybridized carbons (Fsp3) is 0.143. The molecule has 63 heavy (non-hydrogen) atoms. The van der Waals surface area contributed by atoms with Crippen LogP contribution in [0.4, 0.5) is 11.4 Å². The van der Waals surface area contributed by atoms with E-state index in [1.54, 1.807) is 36.7 Å². The van der Waals surface area contributed by atoms with Crippen LogP contribution in [0.1, 0.15) is 57.1 Å². The summed E-state index contributed by atoms with van der Waals surface area (Å²) in [6.45, 7) is 4.51. The maximum atomic E-state index is 13.1. The van der Waals surface area contributed by atoms with Crippen LogP contribution in [-0.4, -0.2) is 35.6 Å². The maximum absolute atomic E-state index is 13.1. The number of ketones is 2. The SMILES string of the molecule is CN1/C(=C\C(=O)c2ccccn2)C(C)(Cc2ccccc2)c2c1ccc1ccccc21.CN1/C(=C\C(=O)c2ccccn2)C(C)(Cc2ccccc2)c2c1ccc1ccccc21.[Fe]. The molecule has 2 aliphatic rings. The molecule has 2 aliphatic heterocycles. The van der Waals surface area contributed by atoms with E-state index in [0.29, 0.717) is 11.4 Å². The molecule has 0 spiro atoms. The number of benzene rings is 6. The van der Waals surface area contributed by atoms with Gasteiger partial charge in [-0.1, -0.05) is 133 Å². The van der Waals surface area contributed by atoms with E-state index in [2.05, 4.69) is 169 Å². The molecule has 0 N–H and O–H groups in total. The first-order valence-corrected chi connectivity index (χ1v) is 21.1. The summed E-state index contributed by atoms with van der Waals surface area (Å²) in [5.74, 6) is -0.141. The summed E-state index contributed by atoms with van der Waals surface area (Å²) in [6.07, 6.45) is 8.49. The average molecular weight is 865 g/mol. The molecule has 2 aromatic heterocycles. The number of fused-ring (bicyclic) bond motifs is 6. The average Bonchev–Trinajstić information content (AvgIpc) is 3.65. The molecule has 0 amide bonds. The van der Waals surface area contributed by atoms with E-state index in [1.807, 2.05) is 36.4 Å². The summed E-state index contributed by atoms with van der Waals surface area (Å²) < 4.78 is 0. The predicted octanol–water partition coefficient (Wildman–Crippen LogP) is 11.9. The number of hydrogen-bond donors (Lipinski definition) is 0. The minimum absolute atomic E-state index is 0. The zero-order chi connectivity index (χ0) is 42.8. The van der Waals surface area contributed by atoms with E-state index < -0.39 is 0 Å². The van der Waals surface area contributed by atoms with Crippen LogP contribution in [0.5, 0.6) is 0 Å². The summed E-state index contributed by atoms with van der Waals surface area (Å²) in [5, 5.41) is 4.90. The van der Waals surface area contributed by atoms with Crippen LogP contribution in [0.25, 0.3) is 21.5 Å². The molecule has 312 valence electrons. The monoisotopic (exact) mass is 864 g/mol. The van der Waals surface area contributed by atoms with Crippen molar-refractivity contribution < 1.29 is 26.7 Å². The van der Waals surface area contributed by atoms with Gasteiger partial charge < -0.3 is 9.80 Å². The molecule has 0 radical (unpaired) electrons. The number of allylic oxidation sites excluding steroid dienone is 4. The summed E-state index contributed by atoms with van der Waals surface area (Å²) in [4.78, 5) is 39.1. The van der Waals surface area contributed by atoms with Gasteiger partial charge in [-0.2, -0.15) is 0 Å². The molecule has 0 aliphatic carbocycles. The van der Waals surface area contributed by atoms with Crippen molar-refractivity contribution in [3.8, 4) is 0 Å². The topological polar surface area (TPSA) is 66.4 Å². The summed E-state index contributed by atoms with van der Waals surface area (Å²) >= 11 is 0. The first-order valence-electron chi connectivity index (χ1n) is 21.1. The molecular formula is C56H48FeN4O2. The van der Waals surface area contributed by atoms with Crippen molar-refractivity contribution in [1.29, 1.82) is 0 Å². The fourth-order valence-corrected chi connectivity index (χ4v) is 9.79. The number of anilines is 2. The molecule has 0 fully saturated rings. The summed E-state index contributed by atoms with van der Waals surface area (Å²) in [7, 11) is 4.11. The van der Waals surface area contributed by atoms with E-state index >= 15 is 0 Å². The van der Waals surface area contributed by atoms with Crippen molar-refractivity contribution in [2.24, 2.45) is 0 Å². The van der Waals surface area contributed by atoms with Crippen molar-refractivity contribution in [2.45, 2.75) is 37.5 Å². The van der Waals surface area contributed by atoms with Crippen molar-refractivity contribution in [3.05, 3.63) is 239 Å². The first kappa shape index (κ1) is 42.8. The Morgan fingerprint density at radius 1 is 0.476 bits per heavy atom. The van der Waals surface area contributed by atoms with Gasteiger partial charge >= 0.3 is 0 Å². The smallest absolute Gasteiger partial charge is 0.205 e. The van der Waals surface area contributed by atoms with Gasteiger partial charge in [0, 0.05) is 89.3 Å². The Balaban J connectivity index is 0.000000170. The number of likely N-dealkylation sites (N-methyl/N-ethyl adjacent to an activating group) is 2. The Morgan fingerprint density at radius 2 is 0.841 bits per heavy atom. The van der Waals surface area contributed by atoms with Gasteiger partial charge in [0.05, 0.1) is 0 Å². The zero-order valence-corrected chi connectivity index (χ0v) is 37.0.